The maximum Gasteiger partial charge on any atom is 0.253 e. The van der Waals surface area contributed by atoms with Gasteiger partial charge in [0.2, 0.25) is 0 Å². The molecule has 1 saturated heterocycles. The van der Waals surface area contributed by atoms with Crippen LogP contribution in [-0.4, -0.2) is 48.6 Å². The van der Waals surface area contributed by atoms with Crippen molar-refractivity contribution < 1.29 is 9.53 Å². The van der Waals surface area contributed by atoms with Crippen molar-refractivity contribution in [1.29, 1.82) is 0 Å². The smallest absolute Gasteiger partial charge is 0.253 e. The largest absolute Gasteiger partial charge is 0.497 e. The van der Waals surface area contributed by atoms with Crippen LogP contribution in [-0.2, 0) is 0 Å². The Balaban J connectivity index is 1.69. The van der Waals surface area contributed by atoms with Gasteiger partial charge in [0.15, 0.2) is 0 Å². The highest BCUT2D eigenvalue weighted by Crippen LogP contribution is 2.22. The van der Waals surface area contributed by atoms with E-state index in [1.165, 1.54) is 0 Å². The maximum atomic E-state index is 12.6. The number of rotatable bonds is 5. The van der Waals surface area contributed by atoms with E-state index < -0.39 is 0 Å². The standard InChI is InChI=1S/C20H27N3O2/c1-13(2)23-8-7-15(12-23)11-21-20(24)18-9-16-5-6-17(25-4)10-19(16)22-14(18)3/h5-6,9-10,13,15H,7-8,11-12H2,1-4H3,(H,21,24)/t15-/m1/s1. The minimum absolute atomic E-state index is 0.0364. The first-order valence-corrected chi connectivity index (χ1v) is 8.95. The summed E-state index contributed by atoms with van der Waals surface area (Å²) in [4.78, 5) is 19.7. The lowest BCUT2D eigenvalue weighted by atomic mass is 10.1. The Labute approximate surface area is 149 Å². The van der Waals surface area contributed by atoms with Crippen LogP contribution in [0, 0.1) is 12.8 Å². The van der Waals surface area contributed by atoms with Gasteiger partial charge in [-0.25, -0.2) is 0 Å². The number of carbonyl (C=O) groups is 1. The zero-order valence-electron chi connectivity index (χ0n) is 15.5. The molecule has 3 rings (SSSR count). The molecular formula is C20H27N3O2. The minimum Gasteiger partial charge on any atom is -0.497 e. The normalized spacial score (nSPS) is 18.0. The second-order valence-corrected chi connectivity index (χ2v) is 7.13. The molecule has 0 spiro atoms. The van der Waals surface area contributed by atoms with Crippen molar-refractivity contribution in [2.45, 2.75) is 33.2 Å². The summed E-state index contributed by atoms with van der Waals surface area (Å²) >= 11 is 0. The second kappa shape index (κ2) is 7.40. The molecule has 0 unspecified atom stereocenters. The number of nitrogens with zero attached hydrogens (tertiary/aromatic N) is 2. The zero-order valence-corrected chi connectivity index (χ0v) is 15.5. The lowest BCUT2D eigenvalue weighted by Crippen LogP contribution is -2.33. The van der Waals surface area contributed by atoms with Gasteiger partial charge in [0.1, 0.15) is 5.75 Å². The van der Waals surface area contributed by atoms with Crippen molar-refractivity contribution >= 4 is 16.8 Å². The van der Waals surface area contributed by atoms with Crippen LogP contribution in [0.2, 0.25) is 0 Å². The Morgan fingerprint density at radius 2 is 2.20 bits per heavy atom. The number of hydrogen-bond acceptors (Lipinski definition) is 4. The zero-order chi connectivity index (χ0) is 18.0. The second-order valence-electron chi connectivity index (χ2n) is 7.13. The highest BCUT2D eigenvalue weighted by atomic mass is 16.5. The van der Waals surface area contributed by atoms with Gasteiger partial charge in [-0.1, -0.05) is 0 Å². The molecule has 1 aliphatic heterocycles. The molecule has 0 saturated carbocycles. The Morgan fingerprint density at radius 1 is 1.40 bits per heavy atom. The molecule has 5 heteroatoms. The Morgan fingerprint density at radius 3 is 2.88 bits per heavy atom. The summed E-state index contributed by atoms with van der Waals surface area (Å²) in [6.45, 7) is 9.23. The number of carbonyl (C=O) groups excluding carboxylic acids is 1. The quantitative estimate of drug-likeness (QED) is 0.908. The fraction of sp³-hybridized carbons (Fsp3) is 0.500. The van der Waals surface area contributed by atoms with Crippen molar-refractivity contribution in [2.75, 3.05) is 26.7 Å². The summed E-state index contributed by atoms with van der Waals surface area (Å²) in [5.41, 5.74) is 2.24. The van der Waals surface area contributed by atoms with Crippen LogP contribution in [0.4, 0.5) is 0 Å². The van der Waals surface area contributed by atoms with Crippen LogP contribution in [0.1, 0.15) is 36.3 Å². The maximum absolute atomic E-state index is 12.6. The summed E-state index contributed by atoms with van der Waals surface area (Å²) in [5.74, 6) is 1.27. The first-order valence-electron chi connectivity index (χ1n) is 8.95. The lowest BCUT2D eigenvalue weighted by molar-refractivity contribution is 0.0946. The van der Waals surface area contributed by atoms with Gasteiger partial charge in [-0.15, -0.1) is 0 Å². The molecule has 1 aromatic carbocycles. The molecule has 1 fully saturated rings. The Kier molecular flexibility index (Phi) is 5.23. The summed E-state index contributed by atoms with van der Waals surface area (Å²) in [7, 11) is 1.64. The van der Waals surface area contributed by atoms with Gasteiger partial charge >= 0.3 is 0 Å². The molecule has 1 amide bonds. The molecule has 25 heavy (non-hydrogen) atoms. The lowest BCUT2D eigenvalue weighted by Gasteiger charge is -2.20. The topological polar surface area (TPSA) is 54.5 Å². The first-order chi connectivity index (χ1) is 12.0. The highest BCUT2D eigenvalue weighted by molar-refractivity contribution is 5.98. The van der Waals surface area contributed by atoms with E-state index in [4.69, 9.17) is 4.74 Å². The van der Waals surface area contributed by atoms with Crippen LogP contribution in [0.3, 0.4) is 0 Å². The van der Waals surface area contributed by atoms with Crippen molar-refractivity contribution in [1.82, 2.24) is 15.2 Å². The number of likely N-dealkylation sites (tertiary alicyclic amines) is 1. The minimum atomic E-state index is -0.0364. The monoisotopic (exact) mass is 341 g/mol. The summed E-state index contributed by atoms with van der Waals surface area (Å²) < 4.78 is 5.24. The van der Waals surface area contributed by atoms with Crippen molar-refractivity contribution in [2.24, 2.45) is 5.92 Å². The molecule has 0 radical (unpaired) electrons. The molecule has 2 aromatic rings. The number of ether oxygens (including phenoxy) is 1. The molecule has 0 bridgehead atoms. The molecule has 2 heterocycles. The van der Waals surface area contributed by atoms with Crippen molar-refractivity contribution in [3.05, 3.63) is 35.5 Å². The number of fused-ring (bicyclic) bond motifs is 1. The van der Waals surface area contributed by atoms with Gasteiger partial charge in [0, 0.05) is 30.6 Å². The number of methoxy groups -OCH3 is 1. The predicted octanol–water partition coefficient (Wildman–Crippen LogP) is 3.01. The molecule has 1 N–H and O–H groups in total. The fourth-order valence-corrected chi connectivity index (χ4v) is 3.43. The van der Waals surface area contributed by atoms with E-state index in [0.29, 0.717) is 17.5 Å². The third kappa shape index (κ3) is 3.93. The molecule has 1 aromatic heterocycles. The van der Waals surface area contributed by atoms with Gasteiger partial charge < -0.3 is 15.0 Å². The predicted molar refractivity (Wildman–Crippen MR) is 100 cm³/mol. The van der Waals surface area contributed by atoms with E-state index in [2.05, 4.69) is 29.0 Å². The number of benzene rings is 1. The molecular weight excluding hydrogens is 314 g/mol. The van der Waals surface area contributed by atoms with Crippen LogP contribution < -0.4 is 10.1 Å². The highest BCUT2D eigenvalue weighted by Gasteiger charge is 2.24. The fourth-order valence-electron chi connectivity index (χ4n) is 3.43. The summed E-state index contributed by atoms with van der Waals surface area (Å²) in [6, 6.07) is 8.21. The van der Waals surface area contributed by atoms with E-state index in [-0.39, 0.29) is 5.91 Å². The van der Waals surface area contributed by atoms with E-state index >= 15 is 0 Å². The van der Waals surface area contributed by atoms with Gasteiger partial charge in [0.05, 0.1) is 23.9 Å². The molecule has 1 aliphatic rings. The SMILES string of the molecule is COc1ccc2cc(C(=O)NC[C@H]3CCN(C(C)C)C3)c(C)nc2c1. The number of amides is 1. The van der Waals surface area contributed by atoms with Crippen molar-refractivity contribution in [3.8, 4) is 5.75 Å². The summed E-state index contributed by atoms with van der Waals surface area (Å²) in [5, 5.41) is 4.05. The average Bonchev–Trinajstić information content (AvgIpc) is 3.08. The number of aryl methyl sites for hydroxylation is 1. The van der Waals surface area contributed by atoms with Crippen LogP contribution in [0.15, 0.2) is 24.3 Å². The van der Waals surface area contributed by atoms with E-state index in [9.17, 15) is 4.79 Å². The number of pyridine rings is 1. The molecule has 1 atom stereocenters. The average molecular weight is 341 g/mol. The first kappa shape index (κ1) is 17.7. The van der Waals surface area contributed by atoms with Gasteiger partial charge in [0.25, 0.3) is 5.91 Å². The number of aromatic nitrogens is 1. The van der Waals surface area contributed by atoms with Gasteiger partial charge in [-0.05, 0) is 57.9 Å². The number of hydrogen-bond donors (Lipinski definition) is 1. The number of nitrogens with one attached hydrogen (secondary N) is 1. The summed E-state index contributed by atoms with van der Waals surface area (Å²) in [6.07, 6.45) is 1.15. The third-order valence-corrected chi connectivity index (χ3v) is 5.06. The van der Waals surface area contributed by atoms with Crippen molar-refractivity contribution in [3.63, 3.8) is 0 Å². The molecule has 5 nitrogen and oxygen atoms in total. The van der Waals surface area contributed by atoms with Crippen LogP contribution >= 0.6 is 0 Å². The van der Waals surface area contributed by atoms with Crippen LogP contribution in [0.25, 0.3) is 10.9 Å². The molecule has 0 aliphatic carbocycles. The Hall–Kier alpha value is -2.14. The van der Waals surface area contributed by atoms with Gasteiger partial charge in [-0.3, -0.25) is 9.78 Å². The molecule has 134 valence electrons. The van der Waals surface area contributed by atoms with Crippen LogP contribution in [0.5, 0.6) is 5.75 Å². The van der Waals surface area contributed by atoms with E-state index in [1.54, 1.807) is 7.11 Å². The van der Waals surface area contributed by atoms with Gasteiger partial charge in [-0.2, -0.15) is 0 Å². The van der Waals surface area contributed by atoms with E-state index in [1.807, 2.05) is 31.2 Å². The Bertz CT molecular complexity index is 773. The third-order valence-electron chi connectivity index (χ3n) is 5.06. The van der Waals surface area contributed by atoms with E-state index in [0.717, 1.165) is 48.4 Å².